The number of rotatable bonds is 7. The number of carbonyl (C=O) groups excluding carboxylic acids is 5. The average Bonchev–Trinajstić information content (AvgIpc) is 3.08. The fraction of sp³-hybridized carbons (Fsp3) is 0.500. The van der Waals surface area contributed by atoms with E-state index < -0.39 is 149 Å². The maximum absolute atomic E-state index is 13.9. The monoisotopic (exact) mass is 815 g/mol. The Hall–Kier alpha value is -5.12. The average molecular weight is 816 g/mol. The summed E-state index contributed by atoms with van der Waals surface area (Å²) in [5, 5.41) is 36.6. The van der Waals surface area contributed by atoms with Crippen LogP contribution in [0.1, 0.15) is 82.0 Å². The first kappa shape index (κ1) is 42.0. The van der Waals surface area contributed by atoms with E-state index in [0.717, 1.165) is 13.8 Å². The third-order valence-electron chi connectivity index (χ3n) is 9.90. The summed E-state index contributed by atoms with van der Waals surface area (Å²) in [5.74, 6) is -13.9. The van der Waals surface area contributed by atoms with Crippen molar-refractivity contribution >= 4 is 29.4 Å². The third-order valence-corrected chi connectivity index (χ3v) is 9.90. The van der Waals surface area contributed by atoms with Crippen LogP contribution >= 0.6 is 0 Å². The molecule has 2 aromatic carbocycles. The van der Waals surface area contributed by atoms with Crippen molar-refractivity contribution in [1.29, 1.82) is 0 Å². The van der Waals surface area contributed by atoms with Crippen LogP contribution in [0.3, 0.4) is 0 Å². The molecule has 2 aliphatic carbocycles. The molecule has 0 radical (unpaired) electrons. The zero-order chi connectivity index (χ0) is 42.0. The van der Waals surface area contributed by atoms with Crippen LogP contribution in [0.25, 0.3) is 0 Å². The number of carbonyl (C=O) groups is 5. The van der Waals surface area contributed by atoms with Crippen molar-refractivity contribution in [2.75, 3.05) is 7.11 Å². The van der Waals surface area contributed by atoms with Gasteiger partial charge < -0.3 is 39.6 Å². The molecular formula is C34H30F9NO12. The summed E-state index contributed by atoms with van der Waals surface area (Å²) in [6.45, 7) is 1.82. The number of halogens is 9. The van der Waals surface area contributed by atoms with Crippen LogP contribution in [0, 0.1) is 0 Å². The summed E-state index contributed by atoms with van der Waals surface area (Å²) in [7, 11) is 1.17. The minimum Gasteiger partial charge on any atom is -0.507 e. The summed E-state index contributed by atoms with van der Waals surface area (Å²) in [5.41, 5.74) is -5.67. The van der Waals surface area contributed by atoms with E-state index in [0.29, 0.717) is 0 Å². The zero-order valence-corrected chi connectivity index (χ0v) is 28.9. The Morgan fingerprint density at radius 3 is 2.11 bits per heavy atom. The van der Waals surface area contributed by atoms with Gasteiger partial charge in [-0.1, -0.05) is 12.1 Å². The molecule has 56 heavy (non-hydrogen) atoms. The molecular weight excluding hydrogens is 785 g/mol. The Morgan fingerprint density at radius 1 is 0.929 bits per heavy atom. The van der Waals surface area contributed by atoms with Crippen LogP contribution in [0.2, 0.25) is 0 Å². The van der Waals surface area contributed by atoms with E-state index in [1.807, 2.05) is 0 Å². The van der Waals surface area contributed by atoms with Crippen molar-refractivity contribution in [2.24, 2.45) is 0 Å². The molecule has 0 aromatic heterocycles. The Labute approximate surface area is 308 Å². The molecule has 1 heterocycles. The number of benzene rings is 2. The standard InChI is InChI=1S/C34H30F9NO12/c1-11-27(56-30(51)34(41,42)43)17(44-28(49)32(35,36)37)8-14(54-11)7-13-9-31(52,12(2)55-29(50)33(38,39)40)10-16-19(13)25(47)22-21(24(16)46)23(45)15-5-4-6-18(53-3)20(15)26(22)48/h4-6,11-14,17,27,46-47,52H,7-10H2,1-3H3,(H,44,49)/t11?,12?,13-,14?,17?,27?,31?/m0/s1. The molecule has 0 spiro atoms. The molecule has 7 atom stereocenters. The van der Waals surface area contributed by atoms with E-state index >= 15 is 0 Å². The number of aliphatic hydroxyl groups is 1. The van der Waals surface area contributed by atoms with Gasteiger partial charge in [-0.3, -0.25) is 14.4 Å². The number of ether oxygens (including phenoxy) is 4. The minimum absolute atomic E-state index is 0.119. The van der Waals surface area contributed by atoms with Gasteiger partial charge in [0.05, 0.1) is 42.0 Å². The Bertz CT molecular complexity index is 1980. The SMILES string of the molecule is COc1cccc2c1C(=O)c1c(O)c3c(c(O)c1C2=O)CC(O)(C(C)OC(=O)C(F)(F)F)C[C@@H]3CC1CC(NC(=O)C(F)(F)F)C(OC(=O)C(F)(F)F)C(C)O1. The van der Waals surface area contributed by atoms with Gasteiger partial charge in [0.15, 0.2) is 5.78 Å². The molecule has 3 aliphatic rings. The number of esters is 2. The van der Waals surface area contributed by atoms with E-state index in [9.17, 15) is 78.8 Å². The topological polar surface area (TPSA) is 195 Å². The summed E-state index contributed by atoms with van der Waals surface area (Å²) < 4.78 is 138. The predicted octanol–water partition coefficient (Wildman–Crippen LogP) is 4.23. The van der Waals surface area contributed by atoms with Crippen molar-refractivity contribution in [1.82, 2.24) is 5.32 Å². The first-order valence-corrected chi connectivity index (χ1v) is 16.4. The van der Waals surface area contributed by atoms with E-state index in [4.69, 9.17) is 9.47 Å². The van der Waals surface area contributed by atoms with Crippen molar-refractivity contribution in [3.8, 4) is 17.2 Å². The van der Waals surface area contributed by atoms with Gasteiger partial charge in [-0.25, -0.2) is 9.59 Å². The van der Waals surface area contributed by atoms with Crippen molar-refractivity contribution < 1.29 is 97.8 Å². The zero-order valence-electron chi connectivity index (χ0n) is 28.9. The molecule has 0 saturated carbocycles. The lowest BCUT2D eigenvalue weighted by atomic mass is 9.67. The van der Waals surface area contributed by atoms with Gasteiger partial charge in [0, 0.05) is 23.1 Å². The first-order chi connectivity index (χ1) is 25.7. The highest BCUT2D eigenvalue weighted by Crippen LogP contribution is 2.54. The van der Waals surface area contributed by atoms with Gasteiger partial charge in [-0.2, -0.15) is 39.5 Å². The maximum atomic E-state index is 13.9. The highest BCUT2D eigenvalue weighted by molar-refractivity contribution is 6.31. The summed E-state index contributed by atoms with van der Waals surface area (Å²) in [6.07, 6.45) is -27.4. The van der Waals surface area contributed by atoms with Crippen LogP contribution in [0.5, 0.6) is 17.2 Å². The lowest BCUT2D eigenvalue weighted by Gasteiger charge is -2.45. The number of phenolic OH excluding ortho intramolecular Hbond substituents is 2. The second-order valence-electron chi connectivity index (χ2n) is 13.5. The number of ketones is 2. The van der Waals surface area contributed by atoms with Gasteiger partial charge in [-0.15, -0.1) is 0 Å². The molecule has 1 amide bonds. The molecule has 1 saturated heterocycles. The number of aromatic hydroxyl groups is 2. The number of hydrogen-bond acceptors (Lipinski definition) is 12. The van der Waals surface area contributed by atoms with Crippen molar-refractivity contribution in [3.05, 3.63) is 51.6 Å². The molecule has 0 bridgehead atoms. The second kappa shape index (κ2) is 14.4. The van der Waals surface area contributed by atoms with Crippen LogP contribution in [0.4, 0.5) is 39.5 Å². The largest absolute Gasteiger partial charge is 0.507 e. The smallest absolute Gasteiger partial charge is 0.490 e. The van der Waals surface area contributed by atoms with Crippen LogP contribution in [0.15, 0.2) is 18.2 Å². The Morgan fingerprint density at radius 2 is 1.54 bits per heavy atom. The third kappa shape index (κ3) is 7.67. The Kier molecular flexibility index (Phi) is 10.8. The van der Waals surface area contributed by atoms with E-state index in [-0.39, 0.29) is 16.9 Å². The number of amides is 1. The summed E-state index contributed by atoms with van der Waals surface area (Å²) >= 11 is 0. The molecule has 13 nitrogen and oxygen atoms in total. The molecule has 22 heteroatoms. The van der Waals surface area contributed by atoms with E-state index in [1.54, 1.807) is 0 Å². The van der Waals surface area contributed by atoms with Gasteiger partial charge in [0.1, 0.15) is 35.1 Å². The van der Waals surface area contributed by atoms with Crippen LogP contribution in [-0.4, -0.2) is 106 Å². The van der Waals surface area contributed by atoms with Crippen LogP contribution < -0.4 is 10.1 Å². The lowest BCUT2D eigenvalue weighted by Crippen LogP contribution is -2.59. The summed E-state index contributed by atoms with van der Waals surface area (Å²) in [6, 6.07) is 1.81. The van der Waals surface area contributed by atoms with Crippen LogP contribution in [-0.2, 0) is 35.0 Å². The summed E-state index contributed by atoms with van der Waals surface area (Å²) in [4.78, 5) is 63.1. The minimum atomic E-state index is -5.63. The van der Waals surface area contributed by atoms with Crippen molar-refractivity contribution in [2.45, 2.75) is 100 Å². The number of phenols is 2. The van der Waals surface area contributed by atoms with Gasteiger partial charge in [0.25, 0.3) is 0 Å². The highest BCUT2D eigenvalue weighted by atomic mass is 19.4. The number of nitrogens with one attached hydrogen (secondary N) is 1. The number of fused-ring (bicyclic) bond motifs is 3. The van der Waals surface area contributed by atoms with E-state index in [1.165, 1.54) is 30.6 Å². The number of methoxy groups -OCH3 is 1. The molecule has 4 N–H and O–H groups in total. The normalized spacial score (nSPS) is 25.6. The number of hydrogen-bond donors (Lipinski definition) is 4. The number of alkyl halides is 9. The fourth-order valence-electron chi connectivity index (χ4n) is 7.40. The van der Waals surface area contributed by atoms with Gasteiger partial charge >= 0.3 is 36.4 Å². The molecule has 306 valence electrons. The molecule has 1 aliphatic heterocycles. The lowest BCUT2D eigenvalue weighted by molar-refractivity contribution is -0.221. The molecule has 6 unspecified atom stereocenters. The maximum Gasteiger partial charge on any atom is 0.490 e. The first-order valence-electron chi connectivity index (χ1n) is 16.4. The van der Waals surface area contributed by atoms with Crippen molar-refractivity contribution in [3.63, 3.8) is 0 Å². The quantitative estimate of drug-likeness (QED) is 0.151. The highest BCUT2D eigenvalue weighted by Gasteiger charge is 2.53. The van der Waals surface area contributed by atoms with Gasteiger partial charge in [-0.05, 0) is 45.1 Å². The second-order valence-corrected chi connectivity index (χ2v) is 13.5. The molecule has 5 rings (SSSR count). The molecule has 1 fully saturated rings. The predicted molar refractivity (Wildman–Crippen MR) is 165 cm³/mol. The fourth-order valence-corrected chi connectivity index (χ4v) is 7.40. The van der Waals surface area contributed by atoms with E-state index in [2.05, 4.69) is 9.47 Å². The van der Waals surface area contributed by atoms with Gasteiger partial charge in [0.2, 0.25) is 5.78 Å². The molecule has 2 aromatic rings. The Balaban J connectivity index is 1.62.